The Kier molecular flexibility index (Phi) is 7.23. The van der Waals surface area contributed by atoms with Crippen molar-refractivity contribution in [1.82, 2.24) is 14.6 Å². The maximum Gasteiger partial charge on any atom is 0.251 e. The lowest BCUT2D eigenvalue weighted by atomic mass is 10.1. The predicted molar refractivity (Wildman–Crippen MR) is 126 cm³/mol. The van der Waals surface area contributed by atoms with Crippen molar-refractivity contribution in [1.29, 1.82) is 0 Å². The van der Waals surface area contributed by atoms with Crippen LogP contribution in [-0.2, 0) is 16.6 Å². The Morgan fingerprint density at radius 1 is 1.15 bits per heavy atom. The molecule has 0 spiro atoms. The summed E-state index contributed by atoms with van der Waals surface area (Å²) in [5.41, 5.74) is 0.945. The Balaban J connectivity index is 1.42. The summed E-state index contributed by atoms with van der Waals surface area (Å²) < 4.78 is 46.6. The summed E-state index contributed by atoms with van der Waals surface area (Å²) in [7, 11) is -3.60. The van der Waals surface area contributed by atoms with Crippen LogP contribution >= 0.6 is 0 Å². The van der Waals surface area contributed by atoms with E-state index in [1.165, 1.54) is 46.8 Å². The van der Waals surface area contributed by atoms with Crippen LogP contribution < -0.4 is 10.1 Å². The standard InChI is InChI=1S/C25H26FN3O4S/c1-18-6-2-3-15-29(18)34(31,32)23-12-10-19(11-13-23)24(30)28-17-20-7-5-14-27-25(20)33-22-9-4-8-21(26)16-22/h4-5,7-14,16,18H,2-3,6,15,17H2,1H3,(H,28,30). The quantitative estimate of drug-likeness (QED) is 0.534. The molecule has 0 saturated carbocycles. The predicted octanol–water partition coefficient (Wildman–Crippen LogP) is 4.51. The van der Waals surface area contributed by atoms with Crippen LogP contribution in [0.3, 0.4) is 0 Å². The highest BCUT2D eigenvalue weighted by Gasteiger charge is 2.30. The molecule has 3 aromatic rings. The average Bonchev–Trinajstić information content (AvgIpc) is 2.83. The molecular formula is C25H26FN3O4S. The fraction of sp³-hybridized carbons (Fsp3) is 0.280. The molecule has 7 nitrogen and oxygen atoms in total. The summed E-state index contributed by atoms with van der Waals surface area (Å²) in [5.74, 6) is -0.240. The van der Waals surface area contributed by atoms with Gasteiger partial charge in [0.05, 0.1) is 4.90 Å². The minimum atomic E-state index is -3.60. The van der Waals surface area contributed by atoms with E-state index in [-0.39, 0.29) is 29.3 Å². The molecule has 2 heterocycles. The van der Waals surface area contributed by atoms with Gasteiger partial charge in [-0.15, -0.1) is 0 Å². The number of carbonyl (C=O) groups excluding carboxylic acids is 1. The molecule has 1 aromatic heterocycles. The number of nitrogens with zero attached hydrogens (tertiary/aromatic N) is 2. The number of rotatable bonds is 7. The monoisotopic (exact) mass is 483 g/mol. The van der Waals surface area contributed by atoms with Crippen LogP contribution in [0.1, 0.15) is 42.1 Å². The van der Waals surface area contributed by atoms with Gasteiger partial charge < -0.3 is 10.1 Å². The number of piperidine rings is 1. The van der Waals surface area contributed by atoms with Crippen molar-refractivity contribution >= 4 is 15.9 Å². The van der Waals surface area contributed by atoms with Crippen LogP contribution in [0, 0.1) is 5.82 Å². The maximum absolute atomic E-state index is 13.4. The van der Waals surface area contributed by atoms with E-state index in [1.54, 1.807) is 24.4 Å². The molecule has 1 aliphatic heterocycles. The van der Waals surface area contributed by atoms with E-state index in [0.29, 0.717) is 23.4 Å². The van der Waals surface area contributed by atoms with Gasteiger partial charge in [-0.05, 0) is 62.2 Å². The van der Waals surface area contributed by atoms with Gasteiger partial charge in [0.2, 0.25) is 15.9 Å². The van der Waals surface area contributed by atoms with Crippen LogP contribution in [-0.4, -0.2) is 36.2 Å². The number of aromatic nitrogens is 1. The van der Waals surface area contributed by atoms with Gasteiger partial charge >= 0.3 is 0 Å². The fourth-order valence-electron chi connectivity index (χ4n) is 3.91. The Bertz CT molecular complexity index is 1270. The van der Waals surface area contributed by atoms with Crippen molar-refractivity contribution in [3.8, 4) is 11.6 Å². The minimum Gasteiger partial charge on any atom is -0.439 e. The van der Waals surface area contributed by atoms with E-state index in [4.69, 9.17) is 4.74 Å². The number of hydrogen-bond donors (Lipinski definition) is 1. The number of ether oxygens (including phenoxy) is 1. The third-order valence-electron chi connectivity index (χ3n) is 5.77. The van der Waals surface area contributed by atoms with Gasteiger partial charge in [-0.3, -0.25) is 4.79 Å². The second-order valence-corrected chi connectivity index (χ2v) is 10.1. The minimum absolute atomic E-state index is 0.0370. The number of carbonyl (C=O) groups is 1. The normalized spacial score (nSPS) is 16.7. The Morgan fingerprint density at radius 2 is 1.94 bits per heavy atom. The van der Waals surface area contributed by atoms with Crippen LogP contribution in [0.5, 0.6) is 11.6 Å². The highest BCUT2D eigenvalue weighted by atomic mass is 32.2. The largest absolute Gasteiger partial charge is 0.439 e. The highest BCUT2D eigenvalue weighted by Crippen LogP contribution is 2.26. The Morgan fingerprint density at radius 3 is 2.68 bits per heavy atom. The summed E-state index contributed by atoms with van der Waals surface area (Å²) in [6.07, 6.45) is 4.27. The van der Waals surface area contributed by atoms with Crippen LogP contribution in [0.4, 0.5) is 4.39 Å². The summed E-state index contributed by atoms with van der Waals surface area (Å²) in [5, 5.41) is 2.79. The summed E-state index contributed by atoms with van der Waals surface area (Å²) in [6.45, 7) is 2.56. The van der Waals surface area contributed by atoms with Gasteiger partial charge in [0.1, 0.15) is 11.6 Å². The molecule has 2 aromatic carbocycles. The first-order valence-electron chi connectivity index (χ1n) is 11.1. The summed E-state index contributed by atoms with van der Waals surface area (Å²) >= 11 is 0. The van der Waals surface area contributed by atoms with E-state index in [1.807, 2.05) is 6.92 Å². The zero-order chi connectivity index (χ0) is 24.1. The van der Waals surface area contributed by atoms with E-state index in [0.717, 1.165) is 19.3 Å². The fourth-order valence-corrected chi connectivity index (χ4v) is 5.61. The van der Waals surface area contributed by atoms with Crippen molar-refractivity contribution in [2.45, 2.75) is 43.7 Å². The number of pyridine rings is 1. The van der Waals surface area contributed by atoms with Gasteiger partial charge in [-0.2, -0.15) is 4.31 Å². The van der Waals surface area contributed by atoms with Gasteiger partial charge in [0, 0.05) is 42.5 Å². The topological polar surface area (TPSA) is 88.6 Å². The van der Waals surface area contributed by atoms with Gasteiger partial charge in [0.25, 0.3) is 5.91 Å². The average molecular weight is 484 g/mol. The molecule has 4 rings (SSSR count). The first-order chi connectivity index (χ1) is 16.3. The lowest BCUT2D eigenvalue weighted by molar-refractivity contribution is 0.0950. The summed E-state index contributed by atoms with van der Waals surface area (Å²) in [4.78, 5) is 17.0. The van der Waals surface area contributed by atoms with Gasteiger partial charge in [-0.1, -0.05) is 18.6 Å². The van der Waals surface area contributed by atoms with Crippen molar-refractivity contribution in [2.24, 2.45) is 0 Å². The molecule has 1 unspecified atom stereocenters. The third-order valence-corrected chi connectivity index (χ3v) is 7.79. The van der Waals surface area contributed by atoms with Gasteiger partial charge in [0.15, 0.2) is 0 Å². The zero-order valence-corrected chi connectivity index (χ0v) is 19.6. The lowest BCUT2D eigenvalue weighted by Crippen LogP contribution is -2.41. The van der Waals surface area contributed by atoms with Crippen LogP contribution in [0.25, 0.3) is 0 Å². The van der Waals surface area contributed by atoms with E-state index in [2.05, 4.69) is 10.3 Å². The molecule has 1 saturated heterocycles. The van der Waals surface area contributed by atoms with E-state index >= 15 is 0 Å². The van der Waals surface area contributed by atoms with Crippen molar-refractivity contribution in [3.63, 3.8) is 0 Å². The number of nitrogens with one attached hydrogen (secondary N) is 1. The summed E-state index contributed by atoms with van der Waals surface area (Å²) in [6, 6.07) is 15.1. The molecule has 1 amide bonds. The second-order valence-electron chi connectivity index (χ2n) is 8.19. The van der Waals surface area contributed by atoms with Crippen molar-refractivity contribution in [2.75, 3.05) is 6.54 Å². The molecule has 1 N–H and O–H groups in total. The number of benzene rings is 2. The van der Waals surface area contributed by atoms with Crippen molar-refractivity contribution in [3.05, 3.63) is 83.8 Å². The molecule has 0 radical (unpaired) electrons. The van der Waals surface area contributed by atoms with E-state index < -0.39 is 15.8 Å². The molecule has 0 bridgehead atoms. The molecule has 1 aliphatic rings. The van der Waals surface area contributed by atoms with Crippen LogP contribution in [0.15, 0.2) is 71.8 Å². The Labute approximate surface area is 198 Å². The van der Waals surface area contributed by atoms with E-state index in [9.17, 15) is 17.6 Å². The van der Waals surface area contributed by atoms with Crippen molar-refractivity contribution < 1.29 is 22.3 Å². The second kappa shape index (κ2) is 10.3. The number of hydrogen-bond acceptors (Lipinski definition) is 5. The maximum atomic E-state index is 13.4. The number of halogens is 1. The lowest BCUT2D eigenvalue weighted by Gasteiger charge is -2.32. The molecule has 34 heavy (non-hydrogen) atoms. The Hall–Kier alpha value is -3.30. The number of sulfonamides is 1. The molecule has 178 valence electrons. The third kappa shape index (κ3) is 5.43. The zero-order valence-electron chi connectivity index (χ0n) is 18.8. The molecule has 1 atom stereocenters. The SMILES string of the molecule is CC1CCCCN1S(=O)(=O)c1ccc(C(=O)NCc2cccnc2Oc2cccc(F)c2)cc1. The first-order valence-corrected chi connectivity index (χ1v) is 12.6. The molecular weight excluding hydrogens is 457 g/mol. The first kappa shape index (κ1) is 23.8. The number of amides is 1. The molecule has 0 aliphatic carbocycles. The van der Waals surface area contributed by atoms with Crippen LogP contribution in [0.2, 0.25) is 0 Å². The van der Waals surface area contributed by atoms with Gasteiger partial charge in [-0.25, -0.2) is 17.8 Å². The smallest absolute Gasteiger partial charge is 0.251 e. The molecule has 1 fully saturated rings. The molecule has 9 heteroatoms. The highest BCUT2D eigenvalue weighted by molar-refractivity contribution is 7.89.